The van der Waals surface area contributed by atoms with Crippen LogP contribution >= 0.6 is 0 Å². The fourth-order valence-corrected chi connectivity index (χ4v) is 1.52. The van der Waals surface area contributed by atoms with Crippen LogP contribution in [0, 0.1) is 5.41 Å². The van der Waals surface area contributed by atoms with Crippen LogP contribution in [-0.4, -0.2) is 51.7 Å². The van der Waals surface area contributed by atoms with Crippen molar-refractivity contribution >= 4 is 11.8 Å². The fraction of sp³-hybridized carbons (Fsp3) is 0.833. The third kappa shape index (κ3) is 6.56. The monoisotopic (exact) mass is 259 g/mol. The Bertz CT molecular complexity index is 280. The van der Waals surface area contributed by atoms with E-state index in [2.05, 4.69) is 16.0 Å². The summed E-state index contributed by atoms with van der Waals surface area (Å²) in [5, 5.41) is 8.35. The Morgan fingerprint density at radius 2 is 1.94 bits per heavy atom. The SMILES string of the molecule is CNC(=O)C(C)(C)CNCC(=O)NC(C)COC. The van der Waals surface area contributed by atoms with Gasteiger partial charge < -0.3 is 20.7 Å². The van der Waals surface area contributed by atoms with E-state index in [9.17, 15) is 9.59 Å². The summed E-state index contributed by atoms with van der Waals surface area (Å²) in [5.41, 5.74) is -0.535. The molecule has 0 spiro atoms. The van der Waals surface area contributed by atoms with Gasteiger partial charge in [-0.1, -0.05) is 0 Å². The highest BCUT2D eigenvalue weighted by molar-refractivity contribution is 5.82. The third-order valence-electron chi connectivity index (χ3n) is 2.52. The Morgan fingerprint density at radius 3 is 2.44 bits per heavy atom. The van der Waals surface area contributed by atoms with Gasteiger partial charge in [0.15, 0.2) is 0 Å². The summed E-state index contributed by atoms with van der Waals surface area (Å²) in [6.07, 6.45) is 0. The summed E-state index contributed by atoms with van der Waals surface area (Å²) in [7, 11) is 3.19. The summed E-state index contributed by atoms with van der Waals surface area (Å²) < 4.78 is 4.92. The molecule has 0 aliphatic carbocycles. The van der Waals surface area contributed by atoms with E-state index in [1.165, 1.54) is 0 Å². The number of ether oxygens (including phenoxy) is 1. The summed E-state index contributed by atoms with van der Waals surface area (Å²) in [4.78, 5) is 23.0. The van der Waals surface area contributed by atoms with Gasteiger partial charge in [0.1, 0.15) is 0 Å². The van der Waals surface area contributed by atoms with Crippen LogP contribution in [0.2, 0.25) is 0 Å². The standard InChI is InChI=1S/C12H25N3O3/c1-9(7-18-5)15-10(16)6-14-8-12(2,3)11(17)13-4/h9,14H,6-8H2,1-5H3,(H,13,17)(H,15,16). The van der Waals surface area contributed by atoms with Crippen LogP contribution in [-0.2, 0) is 14.3 Å². The molecule has 0 aliphatic heterocycles. The number of carbonyl (C=O) groups excluding carboxylic acids is 2. The molecule has 0 aliphatic rings. The third-order valence-corrected chi connectivity index (χ3v) is 2.52. The van der Waals surface area contributed by atoms with Crippen LogP contribution in [0.25, 0.3) is 0 Å². The first-order valence-corrected chi connectivity index (χ1v) is 6.04. The molecule has 0 radical (unpaired) electrons. The van der Waals surface area contributed by atoms with Gasteiger partial charge >= 0.3 is 0 Å². The van der Waals surface area contributed by atoms with Gasteiger partial charge in [0.2, 0.25) is 11.8 Å². The van der Waals surface area contributed by atoms with Crippen molar-refractivity contribution in [2.75, 3.05) is 33.9 Å². The average Bonchev–Trinajstić information content (AvgIpc) is 2.27. The summed E-state index contributed by atoms with van der Waals surface area (Å²) in [6, 6.07) is -0.0174. The Labute approximate surface area is 109 Å². The van der Waals surface area contributed by atoms with Crippen molar-refractivity contribution in [1.82, 2.24) is 16.0 Å². The van der Waals surface area contributed by atoms with E-state index in [4.69, 9.17) is 4.74 Å². The molecule has 0 aromatic carbocycles. The normalized spacial score (nSPS) is 12.9. The van der Waals surface area contributed by atoms with Gasteiger partial charge in [0.25, 0.3) is 0 Å². The maximum Gasteiger partial charge on any atom is 0.234 e. The lowest BCUT2D eigenvalue weighted by Gasteiger charge is -2.23. The average molecular weight is 259 g/mol. The molecule has 0 aromatic heterocycles. The number of hydrogen-bond acceptors (Lipinski definition) is 4. The lowest BCUT2D eigenvalue weighted by Crippen LogP contribution is -2.46. The van der Waals surface area contributed by atoms with E-state index >= 15 is 0 Å². The molecule has 2 amide bonds. The van der Waals surface area contributed by atoms with Crippen molar-refractivity contribution in [1.29, 1.82) is 0 Å². The van der Waals surface area contributed by atoms with Crippen LogP contribution in [0.1, 0.15) is 20.8 Å². The maximum absolute atomic E-state index is 11.5. The zero-order chi connectivity index (χ0) is 14.2. The van der Waals surface area contributed by atoms with E-state index in [0.717, 1.165) is 0 Å². The second kappa shape index (κ2) is 8.05. The quantitative estimate of drug-likeness (QED) is 0.549. The van der Waals surface area contributed by atoms with Gasteiger partial charge in [-0.3, -0.25) is 9.59 Å². The molecule has 1 unspecified atom stereocenters. The number of hydrogen-bond donors (Lipinski definition) is 3. The molecular weight excluding hydrogens is 234 g/mol. The fourth-order valence-electron chi connectivity index (χ4n) is 1.52. The Hall–Kier alpha value is -1.14. The van der Waals surface area contributed by atoms with E-state index < -0.39 is 5.41 Å². The molecule has 3 N–H and O–H groups in total. The van der Waals surface area contributed by atoms with Crippen molar-refractivity contribution in [2.45, 2.75) is 26.8 Å². The number of carbonyl (C=O) groups is 2. The minimum absolute atomic E-state index is 0.0174. The van der Waals surface area contributed by atoms with Crippen LogP contribution in [0.5, 0.6) is 0 Å². The highest BCUT2D eigenvalue weighted by atomic mass is 16.5. The van der Waals surface area contributed by atoms with Gasteiger partial charge in [0, 0.05) is 26.7 Å². The zero-order valence-corrected chi connectivity index (χ0v) is 11.9. The van der Waals surface area contributed by atoms with Crippen molar-refractivity contribution < 1.29 is 14.3 Å². The van der Waals surface area contributed by atoms with Gasteiger partial charge in [-0.2, -0.15) is 0 Å². The van der Waals surface area contributed by atoms with Gasteiger partial charge in [-0.15, -0.1) is 0 Å². The smallest absolute Gasteiger partial charge is 0.234 e. The first-order valence-electron chi connectivity index (χ1n) is 6.04. The summed E-state index contributed by atoms with van der Waals surface area (Å²) in [5.74, 6) is -0.157. The van der Waals surface area contributed by atoms with E-state index in [0.29, 0.717) is 13.2 Å². The van der Waals surface area contributed by atoms with E-state index in [1.54, 1.807) is 14.2 Å². The molecule has 0 fully saturated rings. The van der Waals surface area contributed by atoms with E-state index in [1.807, 2.05) is 20.8 Å². The molecule has 106 valence electrons. The topological polar surface area (TPSA) is 79.5 Å². The van der Waals surface area contributed by atoms with Crippen molar-refractivity contribution in [3.8, 4) is 0 Å². The first kappa shape index (κ1) is 16.9. The zero-order valence-electron chi connectivity index (χ0n) is 11.9. The molecule has 0 rings (SSSR count). The van der Waals surface area contributed by atoms with Crippen molar-refractivity contribution in [3.63, 3.8) is 0 Å². The van der Waals surface area contributed by atoms with Crippen LogP contribution in [0.3, 0.4) is 0 Å². The summed E-state index contributed by atoms with van der Waals surface area (Å²) in [6.45, 7) is 6.63. The lowest BCUT2D eigenvalue weighted by atomic mass is 9.92. The molecule has 0 bridgehead atoms. The van der Waals surface area contributed by atoms with Gasteiger partial charge in [0.05, 0.1) is 18.6 Å². The second-order valence-electron chi connectivity index (χ2n) is 4.99. The molecule has 6 nitrogen and oxygen atoms in total. The van der Waals surface area contributed by atoms with Crippen LogP contribution in [0.15, 0.2) is 0 Å². The molecular formula is C12H25N3O3. The maximum atomic E-state index is 11.5. The Kier molecular flexibility index (Phi) is 7.54. The van der Waals surface area contributed by atoms with Gasteiger partial charge in [-0.25, -0.2) is 0 Å². The predicted octanol–water partition coefficient (Wildman–Crippen LogP) is -0.501. The molecule has 0 saturated carbocycles. The van der Waals surface area contributed by atoms with Crippen LogP contribution < -0.4 is 16.0 Å². The second-order valence-corrected chi connectivity index (χ2v) is 4.99. The minimum Gasteiger partial charge on any atom is -0.383 e. The van der Waals surface area contributed by atoms with E-state index in [-0.39, 0.29) is 24.4 Å². The molecule has 0 heterocycles. The molecule has 6 heteroatoms. The van der Waals surface area contributed by atoms with Gasteiger partial charge in [-0.05, 0) is 20.8 Å². The number of amides is 2. The highest BCUT2D eigenvalue weighted by Crippen LogP contribution is 2.12. The molecule has 0 saturated heterocycles. The predicted molar refractivity (Wildman–Crippen MR) is 70.2 cm³/mol. The first-order chi connectivity index (χ1) is 8.33. The van der Waals surface area contributed by atoms with Crippen molar-refractivity contribution in [3.05, 3.63) is 0 Å². The van der Waals surface area contributed by atoms with Crippen molar-refractivity contribution in [2.24, 2.45) is 5.41 Å². The Morgan fingerprint density at radius 1 is 1.33 bits per heavy atom. The van der Waals surface area contributed by atoms with Crippen LogP contribution in [0.4, 0.5) is 0 Å². The minimum atomic E-state index is -0.535. The number of nitrogens with one attached hydrogen (secondary N) is 3. The number of rotatable bonds is 8. The largest absolute Gasteiger partial charge is 0.383 e. The number of methoxy groups -OCH3 is 1. The Balaban J connectivity index is 3.90. The highest BCUT2D eigenvalue weighted by Gasteiger charge is 2.26. The summed E-state index contributed by atoms with van der Waals surface area (Å²) >= 11 is 0. The lowest BCUT2D eigenvalue weighted by molar-refractivity contribution is -0.129. The molecule has 18 heavy (non-hydrogen) atoms. The molecule has 1 atom stereocenters. The molecule has 0 aromatic rings.